The van der Waals surface area contributed by atoms with E-state index in [1.807, 2.05) is 7.05 Å². The molecule has 0 saturated carbocycles. The highest BCUT2D eigenvalue weighted by Crippen LogP contribution is 2.28. The molecule has 1 nitrogen and oxygen atoms in total. The molecule has 2 rings (SSSR count). The molecule has 0 fully saturated rings. The predicted molar refractivity (Wildman–Crippen MR) is 82.8 cm³/mol. The van der Waals surface area contributed by atoms with Gasteiger partial charge in [-0.25, -0.2) is 4.39 Å². The zero-order valence-electron chi connectivity index (χ0n) is 12.0. The standard InChI is InChI=1S/C17H19ClFN/c1-11-7-8-13(9-12(11)2)10-16(20-3)17-14(18)5-4-6-15(17)19/h4-9,16,20H,10H2,1-3H3. The number of hydrogen-bond donors (Lipinski definition) is 1. The lowest BCUT2D eigenvalue weighted by Gasteiger charge is -2.19. The topological polar surface area (TPSA) is 12.0 Å². The zero-order chi connectivity index (χ0) is 14.7. The Morgan fingerprint density at radius 3 is 2.50 bits per heavy atom. The van der Waals surface area contributed by atoms with Gasteiger partial charge in [-0.3, -0.25) is 0 Å². The van der Waals surface area contributed by atoms with Gasteiger partial charge < -0.3 is 5.32 Å². The van der Waals surface area contributed by atoms with Crippen molar-refractivity contribution in [2.45, 2.75) is 26.3 Å². The number of aryl methyl sites for hydroxylation is 2. The van der Waals surface area contributed by atoms with Crippen LogP contribution >= 0.6 is 11.6 Å². The first kappa shape index (κ1) is 15.0. The van der Waals surface area contributed by atoms with Crippen LogP contribution in [0.1, 0.15) is 28.3 Å². The summed E-state index contributed by atoms with van der Waals surface area (Å²) < 4.78 is 14.0. The number of rotatable bonds is 4. The maximum Gasteiger partial charge on any atom is 0.129 e. The van der Waals surface area contributed by atoms with E-state index in [1.165, 1.54) is 22.8 Å². The summed E-state index contributed by atoms with van der Waals surface area (Å²) >= 11 is 6.15. The summed E-state index contributed by atoms with van der Waals surface area (Å²) in [5, 5.41) is 3.62. The van der Waals surface area contributed by atoms with Crippen LogP contribution in [0.3, 0.4) is 0 Å². The highest BCUT2D eigenvalue weighted by atomic mass is 35.5. The average Bonchev–Trinajstić information content (AvgIpc) is 2.41. The molecule has 106 valence electrons. The van der Waals surface area contributed by atoms with Crippen LogP contribution in [0.2, 0.25) is 5.02 Å². The first-order chi connectivity index (χ1) is 9.52. The molecule has 2 aromatic rings. The van der Waals surface area contributed by atoms with E-state index in [1.54, 1.807) is 12.1 Å². The summed E-state index contributed by atoms with van der Waals surface area (Å²) in [5.41, 5.74) is 4.22. The van der Waals surface area contributed by atoms with E-state index in [9.17, 15) is 4.39 Å². The number of likely N-dealkylation sites (N-methyl/N-ethyl adjacent to an activating group) is 1. The molecule has 20 heavy (non-hydrogen) atoms. The van der Waals surface area contributed by atoms with Gasteiger partial charge >= 0.3 is 0 Å². The maximum absolute atomic E-state index is 14.0. The van der Waals surface area contributed by atoms with E-state index in [2.05, 4.69) is 37.4 Å². The summed E-state index contributed by atoms with van der Waals surface area (Å²) in [6.07, 6.45) is 0.707. The Labute approximate surface area is 124 Å². The Bertz CT molecular complexity index is 590. The zero-order valence-corrected chi connectivity index (χ0v) is 12.8. The van der Waals surface area contributed by atoms with Crippen LogP contribution in [0, 0.1) is 19.7 Å². The molecule has 0 saturated heterocycles. The minimum Gasteiger partial charge on any atom is -0.313 e. The van der Waals surface area contributed by atoms with E-state index in [4.69, 9.17) is 11.6 Å². The fourth-order valence-corrected chi connectivity index (χ4v) is 2.65. The third-order valence-corrected chi connectivity index (χ3v) is 4.04. The van der Waals surface area contributed by atoms with Crippen LogP contribution in [0.5, 0.6) is 0 Å². The minimum absolute atomic E-state index is 0.134. The lowest BCUT2D eigenvalue weighted by Crippen LogP contribution is -2.20. The molecule has 0 heterocycles. The van der Waals surface area contributed by atoms with Crippen molar-refractivity contribution in [3.8, 4) is 0 Å². The molecule has 0 amide bonds. The summed E-state index contributed by atoms with van der Waals surface area (Å²) in [6.45, 7) is 4.17. The lowest BCUT2D eigenvalue weighted by molar-refractivity contribution is 0.534. The molecule has 0 aliphatic carbocycles. The van der Waals surface area contributed by atoms with Gasteiger partial charge in [0.15, 0.2) is 0 Å². The summed E-state index contributed by atoms with van der Waals surface area (Å²) in [4.78, 5) is 0. The molecule has 0 aromatic heterocycles. The van der Waals surface area contributed by atoms with E-state index in [0.29, 0.717) is 17.0 Å². The lowest BCUT2D eigenvalue weighted by atomic mass is 9.96. The third kappa shape index (κ3) is 3.20. The van der Waals surface area contributed by atoms with Crippen molar-refractivity contribution in [3.05, 3.63) is 69.5 Å². The fourth-order valence-electron chi connectivity index (χ4n) is 2.36. The molecular formula is C17H19ClFN. The highest BCUT2D eigenvalue weighted by Gasteiger charge is 2.18. The van der Waals surface area contributed by atoms with Crippen LogP contribution < -0.4 is 5.32 Å². The molecule has 2 aromatic carbocycles. The van der Waals surface area contributed by atoms with Crippen molar-refractivity contribution >= 4 is 11.6 Å². The number of halogens is 2. The summed E-state index contributed by atoms with van der Waals surface area (Å²) in [6, 6.07) is 11.0. The summed E-state index contributed by atoms with van der Waals surface area (Å²) in [5.74, 6) is -0.263. The van der Waals surface area contributed by atoms with Gasteiger partial charge in [-0.05, 0) is 56.1 Å². The molecule has 0 bridgehead atoms. The van der Waals surface area contributed by atoms with E-state index < -0.39 is 0 Å². The van der Waals surface area contributed by atoms with Gasteiger partial charge in [0.05, 0.1) is 0 Å². The Morgan fingerprint density at radius 1 is 1.15 bits per heavy atom. The van der Waals surface area contributed by atoms with E-state index >= 15 is 0 Å². The van der Waals surface area contributed by atoms with E-state index in [0.717, 1.165) is 0 Å². The predicted octanol–water partition coefficient (Wildman–Crippen LogP) is 4.60. The first-order valence-corrected chi connectivity index (χ1v) is 7.08. The van der Waals surface area contributed by atoms with Gasteiger partial charge in [-0.15, -0.1) is 0 Å². The second-order valence-corrected chi connectivity index (χ2v) is 5.51. The molecule has 1 N–H and O–H groups in total. The van der Waals surface area contributed by atoms with Crippen molar-refractivity contribution in [3.63, 3.8) is 0 Å². The van der Waals surface area contributed by atoms with Gasteiger partial charge in [0.1, 0.15) is 5.82 Å². The number of hydrogen-bond acceptors (Lipinski definition) is 1. The van der Waals surface area contributed by atoms with Crippen LogP contribution in [0.15, 0.2) is 36.4 Å². The number of benzene rings is 2. The van der Waals surface area contributed by atoms with E-state index in [-0.39, 0.29) is 11.9 Å². The Kier molecular flexibility index (Phi) is 4.79. The molecule has 1 atom stereocenters. The van der Waals surface area contributed by atoms with Crippen molar-refractivity contribution in [1.82, 2.24) is 5.32 Å². The molecule has 3 heteroatoms. The van der Waals surface area contributed by atoms with Crippen LogP contribution in [-0.4, -0.2) is 7.05 Å². The van der Waals surface area contributed by atoms with Gasteiger partial charge in [0, 0.05) is 16.6 Å². The smallest absolute Gasteiger partial charge is 0.129 e. The van der Waals surface area contributed by atoms with Gasteiger partial charge in [-0.2, -0.15) is 0 Å². The van der Waals surface area contributed by atoms with Crippen LogP contribution in [0.25, 0.3) is 0 Å². The quantitative estimate of drug-likeness (QED) is 0.868. The van der Waals surface area contributed by atoms with Crippen molar-refractivity contribution in [1.29, 1.82) is 0 Å². The normalized spacial score (nSPS) is 12.4. The third-order valence-electron chi connectivity index (χ3n) is 3.71. The largest absolute Gasteiger partial charge is 0.313 e. The maximum atomic E-state index is 14.0. The van der Waals surface area contributed by atoms with Crippen molar-refractivity contribution in [2.24, 2.45) is 0 Å². The molecule has 0 radical (unpaired) electrons. The average molecular weight is 292 g/mol. The summed E-state index contributed by atoms with van der Waals surface area (Å²) in [7, 11) is 1.83. The second-order valence-electron chi connectivity index (χ2n) is 5.10. The molecule has 1 unspecified atom stereocenters. The Hall–Kier alpha value is -1.38. The van der Waals surface area contributed by atoms with Crippen LogP contribution in [-0.2, 0) is 6.42 Å². The van der Waals surface area contributed by atoms with Crippen molar-refractivity contribution in [2.75, 3.05) is 7.05 Å². The molecule has 0 spiro atoms. The highest BCUT2D eigenvalue weighted by molar-refractivity contribution is 6.31. The second kappa shape index (κ2) is 6.38. The van der Waals surface area contributed by atoms with Crippen LogP contribution in [0.4, 0.5) is 4.39 Å². The SMILES string of the molecule is CNC(Cc1ccc(C)c(C)c1)c1c(F)cccc1Cl. The van der Waals surface area contributed by atoms with Crippen molar-refractivity contribution < 1.29 is 4.39 Å². The first-order valence-electron chi connectivity index (χ1n) is 6.70. The Balaban J connectivity index is 2.31. The van der Waals surface area contributed by atoms with Gasteiger partial charge in [0.2, 0.25) is 0 Å². The molecule has 0 aliphatic rings. The van der Waals surface area contributed by atoms with Gasteiger partial charge in [0.25, 0.3) is 0 Å². The molecular weight excluding hydrogens is 273 g/mol. The number of nitrogens with one attached hydrogen (secondary N) is 1. The Morgan fingerprint density at radius 2 is 1.90 bits per heavy atom. The minimum atomic E-state index is -0.263. The van der Waals surface area contributed by atoms with Gasteiger partial charge in [-0.1, -0.05) is 35.9 Å². The molecule has 0 aliphatic heterocycles. The monoisotopic (exact) mass is 291 g/mol. The fraction of sp³-hybridized carbons (Fsp3) is 0.294.